The number of hydrogen-bond donors (Lipinski definition) is 2. The van der Waals surface area contributed by atoms with Crippen LogP contribution in [0.3, 0.4) is 0 Å². The average Bonchev–Trinajstić information content (AvgIpc) is 2.65. The molecule has 0 saturated heterocycles. The SMILES string of the molecule is CCOc1ccc(Br)cc1C(=O)N/N=C\c1c(O)ccc2ccccc12. The van der Waals surface area contributed by atoms with E-state index in [1.807, 2.05) is 37.3 Å². The third-order valence-corrected chi connectivity index (χ3v) is 4.29. The molecule has 132 valence electrons. The third-order valence-electron chi connectivity index (χ3n) is 3.79. The van der Waals surface area contributed by atoms with Gasteiger partial charge in [0.2, 0.25) is 0 Å². The topological polar surface area (TPSA) is 70.9 Å². The van der Waals surface area contributed by atoms with Gasteiger partial charge in [-0.25, -0.2) is 5.43 Å². The molecule has 0 aromatic heterocycles. The van der Waals surface area contributed by atoms with E-state index in [1.54, 1.807) is 24.3 Å². The van der Waals surface area contributed by atoms with Gasteiger partial charge in [0.25, 0.3) is 5.91 Å². The summed E-state index contributed by atoms with van der Waals surface area (Å²) in [5.41, 5.74) is 3.40. The van der Waals surface area contributed by atoms with Crippen molar-refractivity contribution in [2.24, 2.45) is 5.10 Å². The van der Waals surface area contributed by atoms with E-state index in [1.165, 1.54) is 6.21 Å². The third kappa shape index (κ3) is 3.86. The van der Waals surface area contributed by atoms with Crippen LogP contribution in [0.4, 0.5) is 0 Å². The first kappa shape index (κ1) is 17.9. The van der Waals surface area contributed by atoms with E-state index in [0.717, 1.165) is 15.2 Å². The number of fused-ring (bicyclic) bond motifs is 1. The van der Waals surface area contributed by atoms with E-state index < -0.39 is 5.91 Å². The van der Waals surface area contributed by atoms with Crippen molar-refractivity contribution >= 4 is 38.8 Å². The van der Waals surface area contributed by atoms with E-state index in [4.69, 9.17) is 4.74 Å². The fraction of sp³-hybridized carbons (Fsp3) is 0.100. The summed E-state index contributed by atoms with van der Waals surface area (Å²) in [6.07, 6.45) is 1.44. The molecule has 3 rings (SSSR count). The quantitative estimate of drug-likeness (QED) is 0.479. The number of halogens is 1. The van der Waals surface area contributed by atoms with Crippen molar-refractivity contribution in [2.75, 3.05) is 6.61 Å². The zero-order chi connectivity index (χ0) is 18.5. The van der Waals surface area contributed by atoms with Crippen LogP contribution in [0.2, 0.25) is 0 Å². The summed E-state index contributed by atoms with van der Waals surface area (Å²) in [6, 6.07) is 16.3. The summed E-state index contributed by atoms with van der Waals surface area (Å²) in [5.74, 6) is 0.182. The lowest BCUT2D eigenvalue weighted by Crippen LogP contribution is -2.19. The lowest BCUT2D eigenvalue weighted by atomic mass is 10.0. The number of phenols is 1. The lowest BCUT2D eigenvalue weighted by molar-refractivity contribution is 0.0951. The number of ether oxygens (including phenoxy) is 1. The Morgan fingerprint density at radius 2 is 2.04 bits per heavy atom. The Labute approximate surface area is 159 Å². The molecule has 5 nitrogen and oxygen atoms in total. The molecule has 3 aromatic rings. The molecule has 6 heteroatoms. The normalized spacial score (nSPS) is 11.0. The molecule has 0 aliphatic carbocycles. The van der Waals surface area contributed by atoms with Crippen LogP contribution in [0.1, 0.15) is 22.8 Å². The van der Waals surface area contributed by atoms with E-state index in [-0.39, 0.29) is 5.75 Å². The molecule has 3 aromatic carbocycles. The fourth-order valence-corrected chi connectivity index (χ4v) is 2.96. The number of benzene rings is 3. The maximum Gasteiger partial charge on any atom is 0.275 e. The molecule has 0 atom stereocenters. The Balaban J connectivity index is 1.85. The number of hydrogen-bond acceptors (Lipinski definition) is 4. The number of hydrazone groups is 1. The van der Waals surface area contributed by atoms with Crippen molar-refractivity contribution in [2.45, 2.75) is 6.92 Å². The van der Waals surface area contributed by atoms with Crippen LogP contribution in [-0.2, 0) is 0 Å². The van der Waals surface area contributed by atoms with Gasteiger partial charge in [0, 0.05) is 10.0 Å². The van der Waals surface area contributed by atoms with Gasteiger partial charge in [0.15, 0.2) is 0 Å². The largest absolute Gasteiger partial charge is 0.507 e. The standard InChI is InChI=1S/C20H17BrN2O3/c1-2-26-19-10-8-14(21)11-16(19)20(25)23-22-12-17-15-6-4-3-5-13(15)7-9-18(17)24/h3-12,24H,2H2,1H3,(H,23,25)/b22-12-. The molecular weight excluding hydrogens is 396 g/mol. The Morgan fingerprint density at radius 1 is 1.23 bits per heavy atom. The van der Waals surface area contributed by atoms with E-state index in [0.29, 0.717) is 23.5 Å². The monoisotopic (exact) mass is 412 g/mol. The lowest BCUT2D eigenvalue weighted by Gasteiger charge is -2.09. The van der Waals surface area contributed by atoms with Gasteiger partial charge in [0.1, 0.15) is 11.5 Å². The Morgan fingerprint density at radius 3 is 2.85 bits per heavy atom. The number of aromatic hydroxyl groups is 1. The Hall–Kier alpha value is -2.86. The highest BCUT2D eigenvalue weighted by Crippen LogP contribution is 2.26. The van der Waals surface area contributed by atoms with Gasteiger partial charge in [-0.05, 0) is 42.0 Å². The highest BCUT2D eigenvalue weighted by atomic mass is 79.9. The molecular formula is C20H17BrN2O3. The van der Waals surface area contributed by atoms with Crippen molar-refractivity contribution in [1.82, 2.24) is 5.43 Å². The van der Waals surface area contributed by atoms with Gasteiger partial charge in [-0.1, -0.05) is 46.3 Å². The van der Waals surface area contributed by atoms with Crippen LogP contribution < -0.4 is 10.2 Å². The fourth-order valence-electron chi connectivity index (χ4n) is 2.60. The van der Waals surface area contributed by atoms with Crippen LogP contribution >= 0.6 is 15.9 Å². The maximum absolute atomic E-state index is 12.4. The van der Waals surface area contributed by atoms with Crippen LogP contribution in [0.25, 0.3) is 10.8 Å². The number of nitrogens with one attached hydrogen (secondary N) is 1. The minimum absolute atomic E-state index is 0.0964. The molecule has 0 saturated carbocycles. The van der Waals surface area contributed by atoms with Gasteiger partial charge >= 0.3 is 0 Å². The number of amides is 1. The Bertz CT molecular complexity index is 986. The molecule has 0 radical (unpaired) electrons. The predicted octanol–water partition coefficient (Wildman–Crippen LogP) is 4.47. The van der Waals surface area contributed by atoms with Crippen molar-refractivity contribution in [3.63, 3.8) is 0 Å². The maximum atomic E-state index is 12.4. The van der Waals surface area contributed by atoms with Crippen LogP contribution in [-0.4, -0.2) is 23.8 Å². The highest BCUT2D eigenvalue weighted by molar-refractivity contribution is 9.10. The summed E-state index contributed by atoms with van der Waals surface area (Å²) in [6.45, 7) is 2.31. The van der Waals surface area contributed by atoms with Crippen molar-refractivity contribution in [3.05, 3.63) is 70.2 Å². The zero-order valence-corrected chi connectivity index (χ0v) is 15.7. The van der Waals surface area contributed by atoms with E-state index in [2.05, 4.69) is 26.5 Å². The molecule has 26 heavy (non-hydrogen) atoms. The minimum atomic E-state index is -0.397. The number of nitrogens with zero attached hydrogens (tertiary/aromatic N) is 1. The Kier molecular flexibility index (Phi) is 5.53. The number of phenolic OH excluding ortho intramolecular Hbond substituents is 1. The summed E-state index contributed by atoms with van der Waals surface area (Å²) in [5, 5.41) is 15.9. The summed E-state index contributed by atoms with van der Waals surface area (Å²) < 4.78 is 6.25. The van der Waals surface area contributed by atoms with Crippen molar-refractivity contribution < 1.29 is 14.6 Å². The number of carbonyl (C=O) groups is 1. The molecule has 0 aliphatic heterocycles. The molecule has 0 unspecified atom stereocenters. The second kappa shape index (κ2) is 8.01. The summed E-state index contributed by atoms with van der Waals surface area (Å²) in [4.78, 5) is 12.4. The molecule has 1 amide bonds. The minimum Gasteiger partial charge on any atom is -0.507 e. The van der Waals surface area contributed by atoms with Gasteiger partial charge in [0.05, 0.1) is 18.4 Å². The first-order valence-corrected chi connectivity index (χ1v) is 8.86. The number of rotatable bonds is 5. The second-order valence-corrected chi connectivity index (χ2v) is 6.41. The first-order chi connectivity index (χ1) is 12.6. The van der Waals surface area contributed by atoms with Crippen molar-refractivity contribution in [1.29, 1.82) is 0 Å². The van der Waals surface area contributed by atoms with Gasteiger partial charge < -0.3 is 9.84 Å². The van der Waals surface area contributed by atoms with Gasteiger partial charge in [-0.2, -0.15) is 5.10 Å². The summed E-state index contributed by atoms with van der Waals surface area (Å²) >= 11 is 3.35. The first-order valence-electron chi connectivity index (χ1n) is 8.06. The molecule has 0 spiro atoms. The molecule has 2 N–H and O–H groups in total. The second-order valence-electron chi connectivity index (χ2n) is 5.49. The highest BCUT2D eigenvalue weighted by Gasteiger charge is 2.13. The molecule has 0 aliphatic rings. The summed E-state index contributed by atoms with van der Waals surface area (Å²) in [7, 11) is 0. The molecule has 0 fully saturated rings. The smallest absolute Gasteiger partial charge is 0.275 e. The number of carbonyl (C=O) groups excluding carboxylic acids is 1. The van der Waals surface area contributed by atoms with Crippen LogP contribution in [0, 0.1) is 0 Å². The van der Waals surface area contributed by atoms with Gasteiger partial charge in [-0.3, -0.25) is 4.79 Å². The predicted molar refractivity (Wildman–Crippen MR) is 106 cm³/mol. The molecule has 0 heterocycles. The van der Waals surface area contributed by atoms with Crippen LogP contribution in [0.15, 0.2) is 64.2 Å². The van der Waals surface area contributed by atoms with Gasteiger partial charge in [-0.15, -0.1) is 0 Å². The average molecular weight is 413 g/mol. The van der Waals surface area contributed by atoms with Crippen LogP contribution in [0.5, 0.6) is 11.5 Å². The van der Waals surface area contributed by atoms with E-state index >= 15 is 0 Å². The van der Waals surface area contributed by atoms with Crippen molar-refractivity contribution in [3.8, 4) is 11.5 Å². The molecule has 0 bridgehead atoms. The zero-order valence-electron chi connectivity index (χ0n) is 14.1. The van der Waals surface area contributed by atoms with E-state index in [9.17, 15) is 9.90 Å².